The normalized spacial score (nSPS) is 23.8. The van der Waals surface area contributed by atoms with E-state index < -0.39 is 17.7 Å². The molecule has 2 bridgehead atoms. The van der Waals surface area contributed by atoms with E-state index in [2.05, 4.69) is 51.7 Å². The van der Waals surface area contributed by atoms with Crippen LogP contribution in [-0.2, 0) is 30.4 Å². The van der Waals surface area contributed by atoms with E-state index in [1.54, 1.807) is 12.1 Å². The van der Waals surface area contributed by atoms with Gasteiger partial charge in [0.2, 0.25) is 0 Å². The largest absolute Gasteiger partial charge is 0.508 e. The molecule has 0 amide bonds. The maximum Gasteiger partial charge on any atom is 0.161 e. The maximum absolute atomic E-state index is 10.9. The summed E-state index contributed by atoms with van der Waals surface area (Å²) in [5, 5.41) is 39.9. The van der Waals surface area contributed by atoms with Gasteiger partial charge in [-0.3, -0.25) is 5.32 Å². The van der Waals surface area contributed by atoms with Gasteiger partial charge in [-0.05, 0) is 121 Å². The standard InChI is InChI=1S/C44H45N3O7/c1-45-24-52-44-22-35-34-19-28(18-25-6-12-36-26(17-25)14-15-47-36)33-21-29(49)8-10-31(33)40(34)42-32(11-9-30(23-48)53-42)41(35)54-43(44)27-7-13-37(50)38(20-27)51-16-4-3-5-39(44)46-2/h6-8,10,12-15,17,20-21,28,30,39,43,45-50H,4,9,11,16,18-19,22-24H2,1-2H3. The van der Waals surface area contributed by atoms with Crippen molar-refractivity contribution in [1.29, 1.82) is 0 Å². The minimum atomic E-state index is -1.02. The van der Waals surface area contributed by atoms with Crippen molar-refractivity contribution in [3.05, 3.63) is 100 Å². The van der Waals surface area contributed by atoms with Gasteiger partial charge in [-0.25, -0.2) is 0 Å². The number of aliphatic hydroxyl groups excluding tert-OH is 1. The van der Waals surface area contributed by atoms with Crippen LogP contribution in [0, 0.1) is 11.8 Å². The summed E-state index contributed by atoms with van der Waals surface area (Å²) in [6, 6.07) is 19.2. The number of benzene rings is 4. The molecule has 10 heteroatoms. The Kier molecular flexibility index (Phi) is 8.91. The zero-order valence-electron chi connectivity index (χ0n) is 30.5. The molecule has 10 nitrogen and oxygen atoms in total. The van der Waals surface area contributed by atoms with E-state index in [9.17, 15) is 15.3 Å². The van der Waals surface area contributed by atoms with Crippen LogP contribution < -0.4 is 24.8 Å². The van der Waals surface area contributed by atoms with Crippen molar-refractivity contribution in [2.45, 2.75) is 68.3 Å². The number of phenols is 2. The van der Waals surface area contributed by atoms with E-state index in [4.69, 9.17) is 18.9 Å². The van der Waals surface area contributed by atoms with Crippen molar-refractivity contribution in [3.8, 4) is 51.7 Å². The maximum atomic E-state index is 10.9. The number of aromatic amines is 1. The van der Waals surface area contributed by atoms with Crippen LogP contribution in [0.15, 0.2) is 66.9 Å². The second-order valence-corrected chi connectivity index (χ2v) is 14.8. The first-order valence-corrected chi connectivity index (χ1v) is 18.8. The third-order valence-corrected chi connectivity index (χ3v) is 11.6. The van der Waals surface area contributed by atoms with Crippen LogP contribution in [0.4, 0.5) is 0 Å². The van der Waals surface area contributed by atoms with Crippen LogP contribution in [0.3, 0.4) is 0 Å². The van der Waals surface area contributed by atoms with Gasteiger partial charge < -0.3 is 44.6 Å². The summed E-state index contributed by atoms with van der Waals surface area (Å²) in [5.74, 6) is 8.98. The van der Waals surface area contributed by atoms with Gasteiger partial charge in [0.15, 0.2) is 17.6 Å². The topological polar surface area (TPSA) is 137 Å². The first-order valence-electron chi connectivity index (χ1n) is 18.8. The highest BCUT2D eigenvalue weighted by Crippen LogP contribution is 2.58. The number of hydrogen-bond acceptors (Lipinski definition) is 9. The van der Waals surface area contributed by atoms with Gasteiger partial charge in [0.25, 0.3) is 0 Å². The van der Waals surface area contributed by atoms with Crippen LogP contribution in [-0.4, -0.2) is 72.1 Å². The lowest BCUT2D eigenvalue weighted by Gasteiger charge is -2.49. The molecule has 4 aromatic carbocycles. The molecule has 1 aliphatic carbocycles. The average molecular weight is 728 g/mol. The highest BCUT2D eigenvalue weighted by Gasteiger charge is 2.54. The number of fused-ring (bicyclic) bond motifs is 13. The zero-order chi connectivity index (χ0) is 37.0. The fourth-order valence-electron chi connectivity index (χ4n) is 9.13. The molecule has 0 radical (unpaired) electrons. The number of rotatable bonds is 7. The van der Waals surface area contributed by atoms with Crippen molar-refractivity contribution in [1.82, 2.24) is 15.6 Å². The molecule has 5 atom stereocenters. The predicted molar refractivity (Wildman–Crippen MR) is 205 cm³/mol. The molecule has 0 fully saturated rings. The number of phenolic OH excluding ortho intramolecular Hbond substituents is 2. The number of aromatic hydroxyl groups is 2. The Balaban J connectivity index is 1.28. The number of nitrogens with one attached hydrogen (secondary N) is 3. The lowest BCUT2D eigenvalue weighted by Crippen LogP contribution is -2.60. The van der Waals surface area contributed by atoms with Gasteiger partial charge in [0, 0.05) is 41.2 Å². The van der Waals surface area contributed by atoms with Crippen molar-refractivity contribution in [3.63, 3.8) is 0 Å². The van der Waals surface area contributed by atoms with E-state index in [-0.39, 0.29) is 36.9 Å². The van der Waals surface area contributed by atoms with Crippen LogP contribution in [0.2, 0.25) is 0 Å². The molecule has 6 N–H and O–H groups in total. The Bertz CT molecular complexity index is 2310. The number of aromatic nitrogens is 1. The minimum Gasteiger partial charge on any atom is -0.508 e. The fraction of sp³-hybridized carbons (Fsp3) is 0.364. The quantitative estimate of drug-likeness (QED) is 0.0909. The summed E-state index contributed by atoms with van der Waals surface area (Å²) in [7, 11) is 3.76. The van der Waals surface area contributed by atoms with Crippen LogP contribution in [0.25, 0.3) is 22.0 Å². The lowest BCUT2D eigenvalue weighted by molar-refractivity contribution is -0.140. The molecule has 54 heavy (non-hydrogen) atoms. The molecule has 0 saturated heterocycles. The van der Waals surface area contributed by atoms with Crippen molar-refractivity contribution >= 4 is 10.9 Å². The average Bonchev–Trinajstić information content (AvgIpc) is 3.66. The van der Waals surface area contributed by atoms with Gasteiger partial charge in [-0.1, -0.05) is 30.0 Å². The smallest absolute Gasteiger partial charge is 0.161 e. The van der Waals surface area contributed by atoms with Gasteiger partial charge in [0.05, 0.1) is 19.9 Å². The summed E-state index contributed by atoms with van der Waals surface area (Å²) in [6.45, 7) is 0.479. The Labute approximate surface area is 314 Å². The second-order valence-electron chi connectivity index (χ2n) is 14.8. The summed E-state index contributed by atoms with van der Waals surface area (Å²) < 4.78 is 27.1. The van der Waals surface area contributed by atoms with Crippen molar-refractivity contribution in [2.75, 3.05) is 34.0 Å². The summed E-state index contributed by atoms with van der Waals surface area (Å²) >= 11 is 0. The SMILES string of the molecule is CNCOC12Cc3c4c(c5c(c3OC1c1ccc(O)c(c1)OCCC#CC2NC)CCC(CO)O5)-c1ccc(O)cc1C(Cc1ccc2[nH]ccc2c1)C4. The molecule has 0 spiro atoms. The molecular weight excluding hydrogens is 682 g/mol. The molecule has 1 aromatic heterocycles. The van der Waals surface area contributed by atoms with E-state index in [0.29, 0.717) is 44.5 Å². The van der Waals surface area contributed by atoms with Gasteiger partial charge in [0.1, 0.15) is 35.0 Å². The fourth-order valence-corrected chi connectivity index (χ4v) is 9.13. The lowest BCUT2D eigenvalue weighted by atomic mass is 9.69. The predicted octanol–water partition coefficient (Wildman–Crippen LogP) is 5.80. The van der Waals surface area contributed by atoms with E-state index in [0.717, 1.165) is 67.8 Å². The molecule has 0 saturated carbocycles. The van der Waals surface area contributed by atoms with Gasteiger partial charge >= 0.3 is 0 Å². The summed E-state index contributed by atoms with van der Waals surface area (Å²) in [6.07, 6.45) is 4.61. The molecule has 4 heterocycles. The minimum absolute atomic E-state index is 0.0338. The Morgan fingerprint density at radius 2 is 1.89 bits per heavy atom. The number of ether oxygens (including phenoxy) is 4. The third kappa shape index (κ3) is 5.74. The molecule has 4 aliphatic rings. The van der Waals surface area contributed by atoms with Gasteiger partial charge in [-0.15, -0.1) is 0 Å². The van der Waals surface area contributed by atoms with E-state index in [1.807, 2.05) is 44.6 Å². The van der Waals surface area contributed by atoms with E-state index >= 15 is 0 Å². The number of H-pyrrole nitrogens is 1. The first kappa shape index (κ1) is 34.6. The van der Waals surface area contributed by atoms with Crippen LogP contribution in [0.5, 0.6) is 28.7 Å². The molecule has 3 aliphatic heterocycles. The number of aliphatic hydroxyl groups is 1. The third-order valence-electron chi connectivity index (χ3n) is 11.6. The molecular formula is C44H45N3O7. The van der Waals surface area contributed by atoms with Crippen molar-refractivity contribution in [2.24, 2.45) is 0 Å². The zero-order valence-corrected chi connectivity index (χ0v) is 30.5. The summed E-state index contributed by atoms with van der Waals surface area (Å²) in [5.41, 5.74) is 8.27. The molecule has 5 unspecified atom stereocenters. The Morgan fingerprint density at radius 1 is 0.981 bits per heavy atom. The van der Waals surface area contributed by atoms with Crippen LogP contribution >= 0.6 is 0 Å². The highest BCUT2D eigenvalue weighted by molar-refractivity contribution is 5.85. The Morgan fingerprint density at radius 3 is 2.74 bits per heavy atom. The second kappa shape index (κ2) is 13.9. The first-order chi connectivity index (χ1) is 26.4. The number of hydrogen-bond donors (Lipinski definition) is 6. The Hall–Kier alpha value is -5.18. The van der Waals surface area contributed by atoms with Gasteiger partial charge in [-0.2, -0.15) is 0 Å². The van der Waals surface area contributed by atoms with Crippen molar-refractivity contribution < 1.29 is 34.3 Å². The van der Waals surface area contributed by atoms with Crippen LogP contribution in [0.1, 0.15) is 58.2 Å². The highest BCUT2D eigenvalue weighted by atomic mass is 16.6. The monoisotopic (exact) mass is 727 g/mol. The molecule has 5 aromatic rings. The summed E-state index contributed by atoms with van der Waals surface area (Å²) in [4.78, 5) is 3.30. The molecule has 278 valence electrons. The van der Waals surface area contributed by atoms with E-state index in [1.165, 1.54) is 5.56 Å². The molecule has 9 rings (SSSR count). The number of likely N-dealkylation sites (N-methyl/N-ethyl adjacent to an activating group) is 1.